The molecule has 2 rings (SSSR count). The number of aromatic hydroxyl groups is 2. The number of unbranched alkanes of at least 4 members (excludes halogenated alkanes) is 1. The zero-order valence-electron chi connectivity index (χ0n) is 19.4. The third-order valence-corrected chi connectivity index (χ3v) is 5.04. The van der Waals surface area contributed by atoms with Gasteiger partial charge in [-0.2, -0.15) is 0 Å². The molecule has 0 spiro atoms. The molecule has 0 aliphatic rings. The van der Waals surface area contributed by atoms with Crippen molar-refractivity contribution in [3.8, 4) is 17.2 Å². The van der Waals surface area contributed by atoms with Crippen LogP contribution in [-0.2, 0) is 9.59 Å². The first kappa shape index (κ1) is 26.5. The monoisotopic (exact) mass is 467 g/mol. The lowest BCUT2D eigenvalue weighted by molar-refractivity contribution is -0.126. The fourth-order valence-corrected chi connectivity index (χ4v) is 3.14. The summed E-state index contributed by atoms with van der Waals surface area (Å²) >= 11 is 0. The van der Waals surface area contributed by atoms with Gasteiger partial charge in [-0.15, -0.1) is 0 Å². The summed E-state index contributed by atoms with van der Waals surface area (Å²) in [6.45, 7) is 2.13. The number of hydrogen-bond donors (Lipinski definition) is 4. The minimum atomic E-state index is -0.222. The molecule has 0 fully saturated rings. The van der Waals surface area contributed by atoms with Gasteiger partial charge >= 0.3 is 0 Å². The molecule has 0 atom stereocenters. The van der Waals surface area contributed by atoms with E-state index < -0.39 is 0 Å². The van der Waals surface area contributed by atoms with Gasteiger partial charge in [0, 0.05) is 31.8 Å². The summed E-state index contributed by atoms with van der Waals surface area (Å²) in [6, 6.07) is 11.4. The Balaban J connectivity index is 1.76. The van der Waals surface area contributed by atoms with Gasteiger partial charge < -0.3 is 30.9 Å². The molecule has 34 heavy (non-hydrogen) atoms. The number of methoxy groups -OCH3 is 1. The van der Waals surface area contributed by atoms with Crippen molar-refractivity contribution < 1.29 is 24.5 Å². The van der Waals surface area contributed by atoms with Crippen molar-refractivity contribution in [1.29, 1.82) is 0 Å². The quantitative estimate of drug-likeness (QED) is 0.265. The highest BCUT2D eigenvalue weighted by Crippen LogP contribution is 2.26. The van der Waals surface area contributed by atoms with Crippen molar-refractivity contribution in [2.45, 2.75) is 19.3 Å². The van der Waals surface area contributed by atoms with Crippen LogP contribution >= 0.6 is 0 Å². The minimum Gasteiger partial charge on any atom is -0.508 e. The topological polar surface area (TPSA) is 125 Å². The Morgan fingerprint density at radius 2 is 1.65 bits per heavy atom. The maximum absolute atomic E-state index is 12.6. The second-order valence-corrected chi connectivity index (χ2v) is 7.66. The molecule has 2 amide bonds. The number of phenolic OH excluding ortho intramolecular Hbond substituents is 2. The first-order chi connectivity index (χ1) is 16.4. The normalized spacial score (nSPS) is 11.1. The average molecular weight is 468 g/mol. The molecule has 2 aromatic carbocycles. The Hall–Kier alpha value is -3.78. The van der Waals surface area contributed by atoms with Crippen molar-refractivity contribution in [2.75, 3.05) is 33.3 Å². The number of hydrogen-bond acceptors (Lipinski definition) is 6. The summed E-state index contributed by atoms with van der Waals surface area (Å²) in [6.07, 6.45) is 8.48. The zero-order valence-corrected chi connectivity index (χ0v) is 19.4. The van der Waals surface area contributed by atoms with Crippen LogP contribution in [0.15, 0.2) is 54.6 Å². The maximum Gasteiger partial charge on any atom is 0.246 e. The molecule has 0 aliphatic carbocycles. The Bertz CT molecular complexity index is 986. The van der Waals surface area contributed by atoms with E-state index in [1.54, 1.807) is 53.5 Å². The van der Waals surface area contributed by atoms with E-state index in [4.69, 9.17) is 10.5 Å². The molecule has 0 unspecified atom stereocenters. The molecule has 0 heterocycles. The zero-order chi connectivity index (χ0) is 24.8. The molecule has 8 nitrogen and oxygen atoms in total. The number of carbonyl (C=O) groups is 2. The van der Waals surface area contributed by atoms with E-state index >= 15 is 0 Å². The number of amides is 2. The summed E-state index contributed by atoms with van der Waals surface area (Å²) in [5.41, 5.74) is 7.17. The fraction of sp³-hybridized carbons (Fsp3) is 0.308. The molecule has 0 radical (unpaired) electrons. The molecular weight excluding hydrogens is 434 g/mol. The molecule has 182 valence electrons. The Morgan fingerprint density at radius 3 is 2.35 bits per heavy atom. The standard InChI is InChI=1S/C26H33N3O5/c1-34-24-19-21(7-12-23(24)31)8-13-25(32)28-16-2-3-17-29(18-4-15-27)26(33)14-9-20-5-10-22(30)11-6-20/h5-14,19,30-31H,2-4,15-18,27H2,1H3,(H,28,32)/b13-8+,14-9+. The van der Waals surface area contributed by atoms with Gasteiger partial charge in [0.1, 0.15) is 5.75 Å². The van der Waals surface area contributed by atoms with Gasteiger partial charge in [0.05, 0.1) is 7.11 Å². The summed E-state index contributed by atoms with van der Waals surface area (Å²) in [4.78, 5) is 26.4. The minimum absolute atomic E-state index is 0.0407. The van der Waals surface area contributed by atoms with Crippen LogP contribution < -0.4 is 15.8 Å². The summed E-state index contributed by atoms with van der Waals surface area (Å²) in [5.74, 6) is 0.238. The summed E-state index contributed by atoms with van der Waals surface area (Å²) in [7, 11) is 1.46. The van der Waals surface area contributed by atoms with Gasteiger partial charge in [-0.25, -0.2) is 0 Å². The van der Waals surface area contributed by atoms with Gasteiger partial charge in [-0.3, -0.25) is 9.59 Å². The second-order valence-electron chi connectivity index (χ2n) is 7.66. The van der Waals surface area contributed by atoms with Crippen LogP contribution in [-0.4, -0.2) is 60.2 Å². The van der Waals surface area contributed by atoms with E-state index in [0.717, 1.165) is 24.0 Å². The SMILES string of the molecule is COc1cc(/C=C/C(=O)NCCCCN(CCCN)C(=O)/C=C/c2ccc(O)cc2)ccc1O. The van der Waals surface area contributed by atoms with Gasteiger partial charge in [-0.05, 0) is 73.4 Å². The van der Waals surface area contributed by atoms with Crippen LogP contribution in [0.3, 0.4) is 0 Å². The summed E-state index contributed by atoms with van der Waals surface area (Å²) < 4.78 is 5.05. The molecule has 0 aliphatic heterocycles. The molecule has 2 aromatic rings. The van der Waals surface area contributed by atoms with E-state index in [0.29, 0.717) is 38.3 Å². The number of ether oxygens (including phenoxy) is 1. The van der Waals surface area contributed by atoms with Gasteiger partial charge in [-0.1, -0.05) is 18.2 Å². The number of nitrogens with zero attached hydrogens (tertiary/aromatic N) is 1. The fourth-order valence-electron chi connectivity index (χ4n) is 3.14. The lowest BCUT2D eigenvalue weighted by atomic mass is 10.2. The average Bonchev–Trinajstić information content (AvgIpc) is 2.84. The third-order valence-electron chi connectivity index (χ3n) is 5.04. The number of rotatable bonds is 13. The molecule has 0 saturated carbocycles. The van der Waals surface area contributed by atoms with E-state index in [9.17, 15) is 19.8 Å². The first-order valence-corrected chi connectivity index (χ1v) is 11.2. The largest absolute Gasteiger partial charge is 0.508 e. The number of nitrogens with two attached hydrogens (primary N) is 1. The van der Waals surface area contributed by atoms with Gasteiger partial charge in [0.15, 0.2) is 11.5 Å². The van der Waals surface area contributed by atoms with Crippen molar-refractivity contribution >= 4 is 24.0 Å². The van der Waals surface area contributed by atoms with Crippen molar-refractivity contribution in [2.24, 2.45) is 5.73 Å². The van der Waals surface area contributed by atoms with E-state index in [-0.39, 0.29) is 23.3 Å². The number of benzene rings is 2. The maximum atomic E-state index is 12.6. The highest BCUT2D eigenvalue weighted by molar-refractivity contribution is 5.92. The Kier molecular flexibility index (Phi) is 11.2. The molecular formula is C26H33N3O5. The second kappa shape index (κ2) is 14.4. The van der Waals surface area contributed by atoms with E-state index in [1.807, 2.05) is 0 Å². The van der Waals surface area contributed by atoms with Crippen molar-refractivity contribution in [1.82, 2.24) is 10.2 Å². The van der Waals surface area contributed by atoms with Gasteiger partial charge in [0.2, 0.25) is 11.8 Å². The van der Waals surface area contributed by atoms with Crippen LogP contribution in [0, 0.1) is 0 Å². The predicted molar refractivity (Wildman–Crippen MR) is 133 cm³/mol. The van der Waals surface area contributed by atoms with Crippen LogP contribution in [0.4, 0.5) is 0 Å². The molecule has 0 bridgehead atoms. The highest BCUT2D eigenvalue weighted by atomic mass is 16.5. The van der Waals surface area contributed by atoms with Crippen molar-refractivity contribution in [3.05, 3.63) is 65.7 Å². The molecule has 0 saturated heterocycles. The molecule has 5 N–H and O–H groups in total. The predicted octanol–water partition coefficient (Wildman–Crippen LogP) is 2.91. The van der Waals surface area contributed by atoms with Gasteiger partial charge in [0.25, 0.3) is 0 Å². The van der Waals surface area contributed by atoms with Crippen LogP contribution in [0.5, 0.6) is 17.2 Å². The Morgan fingerprint density at radius 1 is 0.971 bits per heavy atom. The molecule has 0 aromatic heterocycles. The lowest BCUT2D eigenvalue weighted by Crippen LogP contribution is -2.33. The molecule has 8 heteroatoms. The highest BCUT2D eigenvalue weighted by Gasteiger charge is 2.10. The van der Waals surface area contributed by atoms with Crippen LogP contribution in [0.2, 0.25) is 0 Å². The third kappa shape index (κ3) is 9.38. The van der Waals surface area contributed by atoms with Crippen molar-refractivity contribution in [3.63, 3.8) is 0 Å². The number of nitrogens with one attached hydrogen (secondary N) is 1. The Labute approximate surface area is 200 Å². The van der Waals surface area contributed by atoms with Crippen LogP contribution in [0.25, 0.3) is 12.2 Å². The summed E-state index contributed by atoms with van der Waals surface area (Å²) in [5, 5.41) is 21.8. The first-order valence-electron chi connectivity index (χ1n) is 11.2. The van der Waals surface area contributed by atoms with E-state index in [2.05, 4.69) is 5.32 Å². The smallest absolute Gasteiger partial charge is 0.246 e. The van der Waals surface area contributed by atoms with Crippen LogP contribution in [0.1, 0.15) is 30.4 Å². The van der Waals surface area contributed by atoms with E-state index in [1.165, 1.54) is 25.3 Å². The number of carbonyl (C=O) groups excluding carboxylic acids is 2. The lowest BCUT2D eigenvalue weighted by Gasteiger charge is -2.21. The number of phenols is 2.